The first-order valence-corrected chi connectivity index (χ1v) is 38.7. The minimum absolute atomic E-state index is 0.00594. The Bertz CT molecular complexity index is 1740. The third-order valence-corrected chi connectivity index (χ3v) is 18.0. The summed E-state index contributed by atoms with van der Waals surface area (Å²) in [6, 6.07) is -0.826. The van der Waals surface area contributed by atoms with Crippen LogP contribution in [0.2, 0.25) is 0 Å². The molecule has 7 unspecified atom stereocenters. The fourth-order valence-corrected chi connectivity index (χ4v) is 11.9. The van der Waals surface area contributed by atoms with Crippen LogP contribution in [0.4, 0.5) is 0 Å². The van der Waals surface area contributed by atoms with E-state index < -0.39 is 49.5 Å². The van der Waals surface area contributed by atoms with Gasteiger partial charge in [0.25, 0.3) is 0 Å². The molecule has 530 valence electrons. The molecule has 1 aliphatic rings. The van der Waals surface area contributed by atoms with Crippen LogP contribution >= 0.6 is 0 Å². The van der Waals surface area contributed by atoms with Crippen LogP contribution in [0.1, 0.15) is 361 Å². The third-order valence-electron chi connectivity index (χ3n) is 18.0. The topological polar surface area (TPSA) is 175 Å². The fraction of sp³-hybridized carbons (Fsp3) is 0.825. The molecule has 0 aliphatic carbocycles. The predicted molar refractivity (Wildman–Crippen MR) is 384 cm³/mol. The fourth-order valence-electron chi connectivity index (χ4n) is 11.9. The molecule has 0 radical (unpaired) electrons. The van der Waals surface area contributed by atoms with E-state index in [0.29, 0.717) is 19.4 Å². The van der Waals surface area contributed by atoms with Gasteiger partial charge in [-0.25, -0.2) is 0 Å². The highest BCUT2D eigenvalue weighted by Crippen LogP contribution is 2.23. The molecule has 11 nitrogen and oxygen atoms in total. The Hall–Kier alpha value is -2.90. The molecule has 11 heteroatoms. The van der Waals surface area contributed by atoms with Crippen LogP contribution in [0.5, 0.6) is 0 Å². The van der Waals surface area contributed by atoms with Gasteiger partial charge in [0, 0.05) is 12.8 Å². The van der Waals surface area contributed by atoms with Gasteiger partial charge in [-0.2, -0.15) is 0 Å². The number of aliphatic hydroxyl groups excluding tert-OH is 5. The smallest absolute Gasteiger partial charge is 0.305 e. The lowest BCUT2D eigenvalue weighted by Gasteiger charge is -2.40. The summed E-state index contributed by atoms with van der Waals surface area (Å²) in [5.74, 6) is -0.186. The summed E-state index contributed by atoms with van der Waals surface area (Å²) < 4.78 is 16.7. The van der Waals surface area contributed by atoms with Gasteiger partial charge in [-0.3, -0.25) is 9.59 Å². The highest BCUT2D eigenvalue weighted by molar-refractivity contribution is 5.76. The maximum atomic E-state index is 13.0. The van der Waals surface area contributed by atoms with Gasteiger partial charge >= 0.3 is 5.97 Å². The van der Waals surface area contributed by atoms with Crippen LogP contribution in [-0.2, 0) is 23.8 Å². The summed E-state index contributed by atoms with van der Waals surface area (Å²) in [6.07, 6.45) is 83.8. The first-order valence-electron chi connectivity index (χ1n) is 38.7. The Kier molecular flexibility index (Phi) is 64.8. The number of carbonyl (C=O) groups is 2. The van der Waals surface area contributed by atoms with Crippen molar-refractivity contribution in [3.8, 4) is 0 Å². The summed E-state index contributed by atoms with van der Waals surface area (Å²) in [5, 5.41) is 54.3. The molecular formula is C80H145NO10. The molecule has 0 bridgehead atoms. The number of hydrogen-bond donors (Lipinski definition) is 6. The molecule has 0 aromatic carbocycles. The van der Waals surface area contributed by atoms with Crippen LogP contribution in [0.3, 0.4) is 0 Å². The molecule has 0 aromatic heterocycles. The second kappa shape index (κ2) is 68.5. The minimum Gasteiger partial charge on any atom is -0.466 e. The van der Waals surface area contributed by atoms with Crippen molar-refractivity contribution in [2.24, 2.45) is 0 Å². The molecule has 7 atom stereocenters. The number of esters is 1. The Balaban J connectivity index is 1.88. The molecule has 1 heterocycles. The van der Waals surface area contributed by atoms with Crippen molar-refractivity contribution in [2.45, 2.75) is 403 Å². The first kappa shape index (κ1) is 86.1. The average Bonchev–Trinajstić information content (AvgIpc) is 1.27. The van der Waals surface area contributed by atoms with Crippen molar-refractivity contribution < 1.29 is 49.3 Å². The molecule has 1 amide bonds. The average molecular weight is 1280 g/mol. The molecule has 0 spiro atoms. The third kappa shape index (κ3) is 57.1. The van der Waals surface area contributed by atoms with Crippen molar-refractivity contribution in [2.75, 3.05) is 19.8 Å². The molecular weight excluding hydrogens is 1130 g/mol. The van der Waals surface area contributed by atoms with E-state index in [4.69, 9.17) is 14.2 Å². The van der Waals surface area contributed by atoms with Gasteiger partial charge in [0.05, 0.1) is 32.0 Å². The first-order chi connectivity index (χ1) is 44.7. The predicted octanol–water partition coefficient (Wildman–Crippen LogP) is 20.6. The van der Waals surface area contributed by atoms with Crippen LogP contribution in [0.15, 0.2) is 72.9 Å². The number of carbonyl (C=O) groups excluding carboxylic acids is 2. The van der Waals surface area contributed by atoms with E-state index in [1.807, 2.05) is 6.08 Å². The Labute approximate surface area is 560 Å². The maximum absolute atomic E-state index is 13.0. The lowest BCUT2D eigenvalue weighted by Crippen LogP contribution is -2.60. The molecule has 6 N–H and O–H groups in total. The van der Waals surface area contributed by atoms with Crippen molar-refractivity contribution in [1.82, 2.24) is 5.32 Å². The van der Waals surface area contributed by atoms with E-state index in [9.17, 15) is 35.1 Å². The molecule has 0 saturated carbocycles. The molecule has 1 saturated heterocycles. The lowest BCUT2D eigenvalue weighted by molar-refractivity contribution is -0.302. The van der Waals surface area contributed by atoms with E-state index in [1.54, 1.807) is 6.08 Å². The van der Waals surface area contributed by atoms with E-state index in [2.05, 4.69) is 79.9 Å². The van der Waals surface area contributed by atoms with Crippen molar-refractivity contribution >= 4 is 11.9 Å². The van der Waals surface area contributed by atoms with Gasteiger partial charge in [0.1, 0.15) is 24.4 Å². The number of unbranched alkanes of at least 4 members (excludes halogenated alkanes) is 44. The zero-order chi connectivity index (χ0) is 65.8. The summed E-state index contributed by atoms with van der Waals surface area (Å²) >= 11 is 0. The van der Waals surface area contributed by atoms with Crippen molar-refractivity contribution in [3.05, 3.63) is 72.9 Å². The monoisotopic (exact) mass is 1280 g/mol. The SMILES string of the molecule is CCCCC/C=C\C/C=C\CCCCCCCCCCCC(=O)OCCCCCCCCCCCCC/C=C\C/C=C\CCCCCCCCCCCCCCCCCCCC(=O)NC(COC1OC(CO)C(O)C(O)C1O)C(O)/C=C/CC/C=C/CCCCC. The van der Waals surface area contributed by atoms with Gasteiger partial charge in [-0.15, -0.1) is 0 Å². The van der Waals surface area contributed by atoms with E-state index in [-0.39, 0.29) is 18.5 Å². The second-order valence-corrected chi connectivity index (χ2v) is 26.7. The molecule has 1 rings (SSSR count). The number of amides is 1. The van der Waals surface area contributed by atoms with Crippen LogP contribution in [0.25, 0.3) is 0 Å². The number of aliphatic hydroxyl groups is 5. The highest BCUT2D eigenvalue weighted by atomic mass is 16.7. The van der Waals surface area contributed by atoms with Gasteiger partial charge in [0.2, 0.25) is 5.91 Å². The molecule has 91 heavy (non-hydrogen) atoms. The van der Waals surface area contributed by atoms with E-state index in [1.165, 1.54) is 263 Å². The number of ether oxygens (including phenoxy) is 3. The Morgan fingerprint density at radius 1 is 0.407 bits per heavy atom. The summed E-state index contributed by atoms with van der Waals surface area (Å²) in [4.78, 5) is 25.1. The van der Waals surface area contributed by atoms with Crippen LogP contribution in [-0.4, -0.2) is 100 Å². The lowest BCUT2D eigenvalue weighted by atomic mass is 9.99. The summed E-state index contributed by atoms with van der Waals surface area (Å²) in [6.45, 7) is 4.28. The standard InChI is InChI=1S/C80H145NO10/c1-3-5-7-9-11-13-14-15-16-17-35-39-42-45-48-52-56-60-64-68-76(85)89-69-65-61-57-53-49-46-43-40-37-34-32-30-28-26-24-22-20-18-19-21-23-25-27-29-31-33-36-38-41-44-47-51-55-59-63-67-75(84)81-72(73(83)66-62-58-54-50-12-10-8-6-4-2)71-90-80-79(88)78(87)77(86)74(70-82)91-80/h11-13,15-16,20,22,26,28,50,62,66,72-74,77-80,82-83,86-88H,3-10,14,17-19,21,23-25,27,29-49,51-61,63-65,67-71H2,1-2H3,(H,81,84)/b13-11-,16-15-,22-20-,28-26-,50-12+,66-62+. The van der Waals surface area contributed by atoms with Crippen LogP contribution < -0.4 is 5.32 Å². The summed E-state index contributed by atoms with van der Waals surface area (Å²) in [5.41, 5.74) is 0. The van der Waals surface area contributed by atoms with Gasteiger partial charge in [-0.1, -0.05) is 311 Å². The number of allylic oxidation sites excluding steroid dienone is 11. The minimum atomic E-state index is -1.58. The number of hydrogen-bond acceptors (Lipinski definition) is 10. The van der Waals surface area contributed by atoms with Gasteiger partial charge in [0.15, 0.2) is 6.29 Å². The van der Waals surface area contributed by atoms with E-state index in [0.717, 1.165) is 70.6 Å². The number of rotatable bonds is 68. The van der Waals surface area contributed by atoms with Gasteiger partial charge < -0.3 is 45.1 Å². The normalized spacial score (nSPS) is 18.0. The quantitative estimate of drug-likeness (QED) is 0.0195. The van der Waals surface area contributed by atoms with Crippen molar-refractivity contribution in [1.29, 1.82) is 0 Å². The summed E-state index contributed by atoms with van der Waals surface area (Å²) in [7, 11) is 0. The zero-order valence-corrected chi connectivity index (χ0v) is 59.1. The van der Waals surface area contributed by atoms with Gasteiger partial charge in [-0.05, 0) is 109 Å². The zero-order valence-electron chi connectivity index (χ0n) is 59.1. The molecule has 1 aliphatic heterocycles. The van der Waals surface area contributed by atoms with E-state index >= 15 is 0 Å². The maximum Gasteiger partial charge on any atom is 0.305 e. The largest absolute Gasteiger partial charge is 0.466 e. The highest BCUT2D eigenvalue weighted by Gasteiger charge is 2.44. The second-order valence-electron chi connectivity index (χ2n) is 26.7. The Morgan fingerprint density at radius 2 is 0.747 bits per heavy atom. The Morgan fingerprint density at radius 3 is 1.15 bits per heavy atom. The van der Waals surface area contributed by atoms with Crippen LogP contribution in [0, 0.1) is 0 Å². The van der Waals surface area contributed by atoms with Crippen molar-refractivity contribution in [3.63, 3.8) is 0 Å². The molecule has 0 aromatic rings. The molecule has 1 fully saturated rings. The number of nitrogens with one attached hydrogen (secondary N) is 1.